The number of aliphatic hydroxyl groups is 2. The first-order valence-corrected chi connectivity index (χ1v) is 11.1. The summed E-state index contributed by atoms with van der Waals surface area (Å²) < 4.78 is 0. The molecule has 180 valence electrons. The zero-order valence-electron chi connectivity index (χ0n) is 19.0. The lowest BCUT2D eigenvalue weighted by atomic mass is 10.1. The van der Waals surface area contributed by atoms with Crippen molar-refractivity contribution < 1.29 is 15.0 Å². The standard InChI is InChI=1S/C25H27N7O3/c26-23(27)20-13-30-22-6-1-15(11-19(20)22)7-9-28-24(35)17-4-2-16(3-5-17)21-8-10-29-25(32-21)31-12-18(34)14-33/h1-6,8,10-11,13,18,30,33-34H,7,9,12,14H2,(H3,26,27)(H,28,35)(H,29,31,32). The molecule has 0 fully saturated rings. The van der Waals surface area contributed by atoms with Crippen molar-refractivity contribution in [1.29, 1.82) is 5.41 Å². The van der Waals surface area contributed by atoms with E-state index >= 15 is 0 Å². The Hall–Kier alpha value is -4.28. The van der Waals surface area contributed by atoms with Gasteiger partial charge in [0.2, 0.25) is 5.95 Å². The molecule has 2 aromatic heterocycles. The van der Waals surface area contributed by atoms with E-state index in [2.05, 4.69) is 25.6 Å². The first kappa shape index (κ1) is 23.9. The van der Waals surface area contributed by atoms with Gasteiger partial charge in [-0.2, -0.15) is 0 Å². The number of amides is 1. The van der Waals surface area contributed by atoms with E-state index in [0.717, 1.165) is 22.0 Å². The Morgan fingerprint density at radius 3 is 2.71 bits per heavy atom. The average molecular weight is 474 g/mol. The molecule has 0 bridgehead atoms. The summed E-state index contributed by atoms with van der Waals surface area (Å²) in [6.45, 7) is 0.252. The Labute approximate surface area is 201 Å². The van der Waals surface area contributed by atoms with E-state index in [4.69, 9.17) is 16.2 Å². The van der Waals surface area contributed by atoms with Crippen LogP contribution in [-0.4, -0.2) is 62.7 Å². The van der Waals surface area contributed by atoms with Crippen molar-refractivity contribution in [1.82, 2.24) is 20.3 Å². The summed E-state index contributed by atoms with van der Waals surface area (Å²) in [6.07, 6.45) is 3.07. The van der Waals surface area contributed by atoms with E-state index in [1.165, 1.54) is 0 Å². The summed E-state index contributed by atoms with van der Waals surface area (Å²) in [4.78, 5) is 24.2. The van der Waals surface area contributed by atoms with E-state index in [1.807, 2.05) is 30.3 Å². The van der Waals surface area contributed by atoms with Crippen LogP contribution < -0.4 is 16.4 Å². The average Bonchev–Trinajstić information content (AvgIpc) is 3.31. The highest BCUT2D eigenvalue weighted by atomic mass is 16.3. The fraction of sp³-hybridized carbons (Fsp3) is 0.200. The zero-order valence-corrected chi connectivity index (χ0v) is 19.0. The van der Waals surface area contributed by atoms with Gasteiger partial charge in [-0.15, -0.1) is 0 Å². The number of benzene rings is 2. The number of carbonyl (C=O) groups is 1. The lowest BCUT2D eigenvalue weighted by Gasteiger charge is -2.10. The third-order valence-corrected chi connectivity index (χ3v) is 5.54. The van der Waals surface area contributed by atoms with E-state index < -0.39 is 6.10 Å². The molecule has 10 heteroatoms. The van der Waals surface area contributed by atoms with Gasteiger partial charge in [0.1, 0.15) is 5.84 Å². The normalized spacial score (nSPS) is 11.8. The number of aliphatic hydroxyl groups excluding tert-OH is 2. The molecule has 0 aliphatic carbocycles. The fourth-order valence-electron chi connectivity index (χ4n) is 3.64. The summed E-state index contributed by atoms with van der Waals surface area (Å²) in [5, 5.41) is 32.8. The second-order valence-corrected chi connectivity index (χ2v) is 8.06. The number of nitrogen functional groups attached to an aromatic ring is 1. The molecule has 2 heterocycles. The maximum Gasteiger partial charge on any atom is 0.251 e. The van der Waals surface area contributed by atoms with E-state index in [0.29, 0.717) is 35.7 Å². The molecular weight excluding hydrogens is 446 g/mol. The number of rotatable bonds is 10. The third kappa shape index (κ3) is 5.81. The fourth-order valence-corrected chi connectivity index (χ4v) is 3.64. The lowest BCUT2D eigenvalue weighted by molar-refractivity contribution is 0.0954. The maximum atomic E-state index is 12.6. The molecule has 0 radical (unpaired) electrons. The highest BCUT2D eigenvalue weighted by Gasteiger charge is 2.10. The quantitative estimate of drug-likeness (QED) is 0.135. The van der Waals surface area contributed by atoms with Crippen LogP contribution in [0.15, 0.2) is 60.9 Å². The van der Waals surface area contributed by atoms with Crippen LogP contribution in [-0.2, 0) is 6.42 Å². The van der Waals surface area contributed by atoms with Crippen molar-refractivity contribution in [3.8, 4) is 11.3 Å². The van der Waals surface area contributed by atoms with Crippen LogP contribution in [0.25, 0.3) is 22.2 Å². The summed E-state index contributed by atoms with van der Waals surface area (Å²) in [7, 11) is 0. The van der Waals surface area contributed by atoms with Crippen molar-refractivity contribution in [3.05, 3.63) is 77.6 Å². The molecule has 0 spiro atoms. The molecule has 8 N–H and O–H groups in total. The Bertz CT molecular complexity index is 1330. The number of anilines is 1. The first-order valence-electron chi connectivity index (χ1n) is 11.1. The van der Waals surface area contributed by atoms with E-state index in [1.54, 1.807) is 30.6 Å². The van der Waals surface area contributed by atoms with Crippen molar-refractivity contribution in [3.63, 3.8) is 0 Å². The van der Waals surface area contributed by atoms with Crippen LogP contribution in [0.1, 0.15) is 21.5 Å². The van der Waals surface area contributed by atoms with Crippen molar-refractivity contribution in [2.24, 2.45) is 5.73 Å². The van der Waals surface area contributed by atoms with Crippen molar-refractivity contribution >= 4 is 28.6 Å². The van der Waals surface area contributed by atoms with Crippen LogP contribution >= 0.6 is 0 Å². The van der Waals surface area contributed by atoms with Gasteiger partial charge < -0.3 is 31.6 Å². The van der Waals surface area contributed by atoms with Gasteiger partial charge in [0.15, 0.2) is 0 Å². The minimum absolute atomic E-state index is 0.0140. The first-order chi connectivity index (χ1) is 16.9. The van der Waals surface area contributed by atoms with Crippen LogP contribution in [0.5, 0.6) is 0 Å². The molecule has 35 heavy (non-hydrogen) atoms. The molecule has 1 unspecified atom stereocenters. The van der Waals surface area contributed by atoms with Gasteiger partial charge in [0, 0.05) is 53.1 Å². The zero-order chi connectivity index (χ0) is 24.8. The number of aromatic nitrogens is 3. The Morgan fingerprint density at radius 1 is 1.17 bits per heavy atom. The number of nitrogens with zero attached hydrogens (tertiary/aromatic N) is 2. The number of hydrogen-bond acceptors (Lipinski definition) is 7. The Kier molecular flexibility index (Phi) is 7.34. The number of nitrogens with two attached hydrogens (primary N) is 1. The molecule has 4 rings (SSSR count). The summed E-state index contributed by atoms with van der Waals surface area (Å²) >= 11 is 0. The monoisotopic (exact) mass is 473 g/mol. The minimum atomic E-state index is -0.894. The molecule has 10 nitrogen and oxygen atoms in total. The molecule has 0 saturated heterocycles. The third-order valence-electron chi connectivity index (χ3n) is 5.54. The van der Waals surface area contributed by atoms with Gasteiger partial charge in [-0.3, -0.25) is 10.2 Å². The predicted molar refractivity (Wildman–Crippen MR) is 134 cm³/mol. The van der Waals surface area contributed by atoms with Crippen LogP contribution in [0, 0.1) is 5.41 Å². The highest BCUT2D eigenvalue weighted by Crippen LogP contribution is 2.20. The predicted octanol–water partition coefficient (Wildman–Crippen LogP) is 1.65. The molecule has 0 aliphatic heterocycles. The van der Waals surface area contributed by atoms with Gasteiger partial charge in [-0.1, -0.05) is 18.2 Å². The van der Waals surface area contributed by atoms with Gasteiger partial charge in [0.25, 0.3) is 5.91 Å². The minimum Gasteiger partial charge on any atom is -0.394 e. The largest absolute Gasteiger partial charge is 0.394 e. The van der Waals surface area contributed by atoms with E-state index in [-0.39, 0.29) is 24.9 Å². The summed E-state index contributed by atoms with van der Waals surface area (Å²) in [6, 6.07) is 14.8. The highest BCUT2D eigenvalue weighted by molar-refractivity contribution is 6.07. The SMILES string of the molecule is N=C(N)c1c[nH]c2ccc(CCNC(=O)c3ccc(-c4ccnc(NCC(O)CO)n4)cc3)cc12. The molecule has 0 aliphatic rings. The number of nitrogens with one attached hydrogen (secondary N) is 4. The summed E-state index contributed by atoms with van der Waals surface area (Å²) in [5.74, 6) is 0.178. The molecular formula is C25H27N7O3. The number of fused-ring (bicyclic) bond motifs is 1. The summed E-state index contributed by atoms with van der Waals surface area (Å²) in [5.41, 5.74) is 10.3. The Balaban J connectivity index is 1.34. The van der Waals surface area contributed by atoms with Crippen LogP contribution in [0.4, 0.5) is 5.95 Å². The topological polar surface area (TPSA) is 173 Å². The second kappa shape index (κ2) is 10.8. The number of H-pyrrole nitrogens is 1. The van der Waals surface area contributed by atoms with Gasteiger partial charge in [-0.25, -0.2) is 9.97 Å². The number of hydrogen-bond donors (Lipinski definition) is 7. The van der Waals surface area contributed by atoms with Crippen LogP contribution in [0.2, 0.25) is 0 Å². The van der Waals surface area contributed by atoms with Gasteiger partial charge in [-0.05, 0) is 42.3 Å². The second-order valence-electron chi connectivity index (χ2n) is 8.06. The smallest absolute Gasteiger partial charge is 0.251 e. The van der Waals surface area contributed by atoms with Crippen molar-refractivity contribution in [2.45, 2.75) is 12.5 Å². The molecule has 1 atom stereocenters. The molecule has 1 amide bonds. The van der Waals surface area contributed by atoms with Gasteiger partial charge in [0.05, 0.1) is 18.4 Å². The number of carbonyl (C=O) groups excluding carboxylic acids is 1. The molecule has 4 aromatic rings. The van der Waals surface area contributed by atoms with Crippen LogP contribution in [0.3, 0.4) is 0 Å². The molecule has 0 saturated carbocycles. The number of aromatic amines is 1. The van der Waals surface area contributed by atoms with E-state index in [9.17, 15) is 9.90 Å². The number of amidine groups is 1. The molecule has 2 aromatic carbocycles. The maximum absolute atomic E-state index is 12.6. The van der Waals surface area contributed by atoms with Crippen molar-refractivity contribution in [2.75, 3.05) is 25.0 Å². The lowest BCUT2D eigenvalue weighted by Crippen LogP contribution is -2.25. The van der Waals surface area contributed by atoms with Gasteiger partial charge >= 0.3 is 0 Å². The Morgan fingerprint density at radius 2 is 1.97 bits per heavy atom.